The Hall–Kier alpha value is -1.67. The summed E-state index contributed by atoms with van der Waals surface area (Å²) in [4.78, 5) is 39.7. The van der Waals surface area contributed by atoms with Crippen molar-refractivity contribution in [1.29, 1.82) is 0 Å². The second kappa shape index (κ2) is 7.29. The maximum atomic E-state index is 13.0. The number of fused-ring (bicyclic) bond motifs is 1. The number of hydrogen-bond donors (Lipinski definition) is 0. The van der Waals surface area contributed by atoms with Gasteiger partial charge in [-0.05, 0) is 33.0 Å². The van der Waals surface area contributed by atoms with Gasteiger partial charge in [-0.3, -0.25) is 9.59 Å². The van der Waals surface area contributed by atoms with Gasteiger partial charge in [0.15, 0.2) is 19.5 Å². The van der Waals surface area contributed by atoms with Crippen LogP contribution in [0.1, 0.15) is 19.8 Å². The van der Waals surface area contributed by atoms with Crippen LogP contribution in [0, 0.1) is 5.41 Å². The third-order valence-electron chi connectivity index (χ3n) is 4.56. The molecule has 140 valence electrons. The zero-order valence-electron chi connectivity index (χ0n) is 15.5. The number of ether oxygens (including phenoxy) is 2. The van der Waals surface area contributed by atoms with E-state index in [4.69, 9.17) is 13.9 Å². The molecular formula is C17H27NO6Si. The Morgan fingerprint density at radius 3 is 2.60 bits per heavy atom. The van der Waals surface area contributed by atoms with Crippen LogP contribution in [-0.4, -0.2) is 63.5 Å². The molecule has 1 amide bonds. The molecule has 7 nitrogen and oxygen atoms in total. The van der Waals surface area contributed by atoms with Crippen LogP contribution in [0.15, 0.2) is 12.2 Å². The van der Waals surface area contributed by atoms with Crippen molar-refractivity contribution < 1.29 is 28.3 Å². The van der Waals surface area contributed by atoms with Gasteiger partial charge in [0.1, 0.15) is 0 Å². The van der Waals surface area contributed by atoms with E-state index in [1.807, 2.05) is 25.7 Å². The van der Waals surface area contributed by atoms with Crippen LogP contribution in [0.2, 0.25) is 19.6 Å². The smallest absolute Gasteiger partial charge is 0.409 e. The molecule has 0 spiro atoms. The number of Topliss-reactive ketones (excluding diaryl/α,β-unsaturated/α-hetero) is 1. The highest BCUT2D eigenvalue weighted by Gasteiger charge is 2.64. The van der Waals surface area contributed by atoms with Gasteiger partial charge in [-0.1, -0.05) is 12.2 Å². The zero-order valence-corrected chi connectivity index (χ0v) is 16.5. The molecule has 1 fully saturated rings. The topological polar surface area (TPSA) is 82.1 Å². The molecule has 8 heteroatoms. The van der Waals surface area contributed by atoms with Crippen molar-refractivity contribution in [2.24, 2.45) is 5.41 Å². The monoisotopic (exact) mass is 369 g/mol. The second-order valence-electron chi connectivity index (χ2n) is 7.26. The van der Waals surface area contributed by atoms with Gasteiger partial charge in [0.25, 0.3) is 0 Å². The summed E-state index contributed by atoms with van der Waals surface area (Å²) >= 11 is 0. The maximum absolute atomic E-state index is 13.0. The van der Waals surface area contributed by atoms with Crippen LogP contribution in [-0.2, 0) is 23.5 Å². The third kappa shape index (κ3) is 3.50. The minimum atomic E-state index is -2.07. The number of nitrogens with zero attached hydrogens (tertiary/aromatic N) is 1. The lowest BCUT2D eigenvalue weighted by Gasteiger charge is -2.51. The van der Waals surface area contributed by atoms with Gasteiger partial charge >= 0.3 is 12.1 Å². The minimum Gasteiger partial charge on any atom is -0.465 e. The summed E-state index contributed by atoms with van der Waals surface area (Å²) < 4.78 is 16.3. The Balaban J connectivity index is 2.57. The van der Waals surface area contributed by atoms with Crippen molar-refractivity contribution in [1.82, 2.24) is 4.90 Å². The molecule has 0 unspecified atom stereocenters. The summed E-state index contributed by atoms with van der Waals surface area (Å²) in [6.07, 6.45) is 2.80. The number of methoxy groups -OCH3 is 1. The number of carbonyl (C=O) groups is 3. The fourth-order valence-electron chi connectivity index (χ4n) is 3.63. The first-order valence-electron chi connectivity index (χ1n) is 8.58. The van der Waals surface area contributed by atoms with E-state index >= 15 is 0 Å². The average molecular weight is 369 g/mol. The molecule has 2 aliphatic rings. The Kier molecular flexibility index (Phi) is 5.73. The van der Waals surface area contributed by atoms with E-state index < -0.39 is 37.9 Å². The molecule has 1 aliphatic carbocycles. The minimum absolute atomic E-state index is 0.0732. The Labute approximate surface area is 149 Å². The maximum Gasteiger partial charge on any atom is 0.409 e. The predicted molar refractivity (Wildman–Crippen MR) is 93.6 cm³/mol. The van der Waals surface area contributed by atoms with Gasteiger partial charge < -0.3 is 18.8 Å². The highest BCUT2D eigenvalue weighted by Crippen LogP contribution is 2.45. The molecule has 0 aromatic carbocycles. The van der Waals surface area contributed by atoms with Crippen molar-refractivity contribution in [3.8, 4) is 0 Å². The molecule has 0 aromatic heterocycles. The van der Waals surface area contributed by atoms with E-state index in [9.17, 15) is 14.4 Å². The Morgan fingerprint density at radius 2 is 2.04 bits per heavy atom. The SMILES string of the molecule is CCOC(=O)[C@]12C(=O)CCN(C(=O)OC)[C@H]1CC=C[C@H]2O[Si](C)(C)C. The number of hydrogen-bond acceptors (Lipinski definition) is 6. The van der Waals surface area contributed by atoms with Crippen molar-refractivity contribution in [3.63, 3.8) is 0 Å². The largest absolute Gasteiger partial charge is 0.465 e. The van der Waals surface area contributed by atoms with Crippen molar-refractivity contribution >= 4 is 26.2 Å². The molecule has 0 N–H and O–H groups in total. The van der Waals surface area contributed by atoms with Crippen LogP contribution >= 0.6 is 0 Å². The summed E-state index contributed by atoms with van der Waals surface area (Å²) in [7, 11) is -0.779. The van der Waals surface area contributed by atoms with Gasteiger partial charge in [-0.2, -0.15) is 0 Å². The molecule has 1 saturated heterocycles. The quantitative estimate of drug-likeness (QED) is 0.327. The van der Waals surface area contributed by atoms with Crippen LogP contribution < -0.4 is 0 Å². The first-order valence-corrected chi connectivity index (χ1v) is 12.0. The Bertz CT molecular complexity index is 584. The van der Waals surface area contributed by atoms with Gasteiger partial charge in [0.2, 0.25) is 0 Å². The lowest BCUT2D eigenvalue weighted by atomic mass is 9.64. The molecule has 0 aromatic rings. The standard InChI is InChI=1S/C17H27NO6Si/c1-6-23-15(20)17-12(8-7-9-14(17)24-25(3,4)5)18(16(21)22-2)11-10-13(17)19/h7,9,12,14H,6,8,10-11H2,1-5H3/t12-,14+,17-/m0/s1. The highest BCUT2D eigenvalue weighted by molar-refractivity contribution is 6.69. The number of esters is 1. The molecule has 1 aliphatic heterocycles. The van der Waals surface area contributed by atoms with Crippen LogP contribution in [0.3, 0.4) is 0 Å². The fraction of sp³-hybridized carbons (Fsp3) is 0.706. The van der Waals surface area contributed by atoms with E-state index in [2.05, 4.69) is 0 Å². The van der Waals surface area contributed by atoms with E-state index in [1.54, 1.807) is 13.0 Å². The normalized spacial score (nSPS) is 29.2. The molecular weight excluding hydrogens is 342 g/mol. The third-order valence-corrected chi connectivity index (χ3v) is 5.53. The average Bonchev–Trinajstić information content (AvgIpc) is 2.53. The van der Waals surface area contributed by atoms with Gasteiger partial charge in [0.05, 0.1) is 25.9 Å². The molecule has 0 radical (unpaired) electrons. The summed E-state index contributed by atoms with van der Waals surface area (Å²) in [6, 6.07) is -0.661. The molecule has 25 heavy (non-hydrogen) atoms. The summed E-state index contributed by atoms with van der Waals surface area (Å²) in [5.41, 5.74) is -1.53. The summed E-state index contributed by atoms with van der Waals surface area (Å²) in [5, 5.41) is 0. The van der Waals surface area contributed by atoms with Crippen LogP contribution in [0.25, 0.3) is 0 Å². The number of amides is 1. The van der Waals surface area contributed by atoms with E-state index in [-0.39, 0.29) is 25.4 Å². The van der Waals surface area contributed by atoms with Crippen molar-refractivity contribution in [2.45, 2.75) is 51.6 Å². The van der Waals surface area contributed by atoms with Crippen molar-refractivity contribution in [3.05, 3.63) is 12.2 Å². The van der Waals surface area contributed by atoms with E-state index in [0.717, 1.165) is 0 Å². The van der Waals surface area contributed by atoms with Gasteiger partial charge in [0, 0.05) is 13.0 Å². The summed E-state index contributed by atoms with van der Waals surface area (Å²) in [6.45, 7) is 8.06. The predicted octanol–water partition coefficient (Wildman–Crippen LogP) is 2.13. The highest BCUT2D eigenvalue weighted by atomic mass is 28.4. The number of ketones is 1. The lowest BCUT2D eigenvalue weighted by Crippen LogP contribution is -2.68. The van der Waals surface area contributed by atoms with E-state index in [0.29, 0.717) is 6.42 Å². The molecule has 1 heterocycles. The number of carbonyl (C=O) groups excluding carboxylic acids is 3. The van der Waals surface area contributed by atoms with Crippen LogP contribution in [0.5, 0.6) is 0 Å². The molecule has 2 rings (SSSR count). The summed E-state index contributed by atoms with van der Waals surface area (Å²) in [5.74, 6) is -0.852. The first-order chi connectivity index (χ1) is 11.7. The first kappa shape index (κ1) is 19.6. The number of piperidine rings is 1. The van der Waals surface area contributed by atoms with Gasteiger partial charge in [-0.15, -0.1) is 0 Å². The van der Waals surface area contributed by atoms with E-state index in [1.165, 1.54) is 12.0 Å². The van der Waals surface area contributed by atoms with Gasteiger partial charge in [-0.25, -0.2) is 4.79 Å². The lowest BCUT2D eigenvalue weighted by molar-refractivity contribution is -0.175. The number of rotatable bonds is 4. The van der Waals surface area contributed by atoms with Crippen molar-refractivity contribution in [2.75, 3.05) is 20.3 Å². The fourth-order valence-corrected chi connectivity index (χ4v) is 4.65. The number of likely N-dealkylation sites (tertiary alicyclic amines) is 1. The molecule has 3 atom stereocenters. The Morgan fingerprint density at radius 1 is 1.36 bits per heavy atom. The molecule has 0 saturated carbocycles. The second-order valence-corrected chi connectivity index (χ2v) is 11.7. The van der Waals surface area contributed by atoms with Crippen LogP contribution in [0.4, 0.5) is 4.79 Å². The molecule has 0 bridgehead atoms. The zero-order chi connectivity index (χ0) is 18.8.